The van der Waals surface area contributed by atoms with Crippen LogP contribution in [-0.4, -0.2) is 9.97 Å². The fraction of sp³-hybridized carbons (Fsp3) is 0. The molecule has 4 nitrogen and oxygen atoms in total. The highest BCUT2D eigenvalue weighted by atomic mass is 15.2. The van der Waals surface area contributed by atoms with Crippen LogP contribution in [0, 0.1) is 0 Å². The molecule has 4 heteroatoms. The summed E-state index contributed by atoms with van der Waals surface area (Å²) < 4.78 is 0. The van der Waals surface area contributed by atoms with Crippen molar-refractivity contribution in [2.75, 3.05) is 9.80 Å². The first-order chi connectivity index (χ1) is 29.8. The number of hydrogen-bond acceptors (Lipinski definition) is 4. The molecule has 0 radical (unpaired) electrons. The molecule has 0 atom stereocenters. The molecule has 0 saturated carbocycles. The molecule has 10 rings (SSSR count). The Labute approximate surface area is 351 Å². The molecule has 0 aliphatic carbocycles. The second kappa shape index (κ2) is 16.4. The van der Waals surface area contributed by atoms with Crippen LogP contribution in [-0.2, 0) is 0 Å². The minimum absolute atomic E-state index is 0.839. The molecule has 1 aromatic heterocycles. The van der Waals surface area contributed by atoms with Gasteiger partial charge in [-0.25, -0.2) is 9.97 Å². The molecule has 0 fully saturated rings. The molecule has 0 spiro atoms. The zero-order valence-corrected chi connectivity index (χ0v) is 32.9. The van der Waals surface area contributed by atoms with Crippen molar-refractivity contribution in [2.45, 2.75) is 0 Å². The van der Waals surface area contributed by atoms with Crippen molar-refractivity contribution >= 4 is 45.2 Å². The van der Waals surface area contributed by atoms with E-state index in [2.05, 4.69) is 246 Å². The highest BCUT2D eigenvalue weighted by Crippen LogP contribution is 2.41. The van der Waals surface area contributed by atoms with Crippen LogP contribution in [0.1, 0.15) is 0 Å². The van der Waals surface area contributed by atoms with Crippen molar-refractivity contribution in [3.63, 3.8) is 0 Å². The number of benzene rings is 9. The third-order valence-corrected chi connectivity index (χ3v) is 10.9. The highest BCUT2D eigenvalue weighted by molar-refractivity contribution is 5.99. The molecular formula is C56H40N4. The Bertz CT molecular complexity index is 2950. The summed E-state index contributed by atoms with van der Waals surface area (Å²) in [5.74, 6) is 0. The summed E-state index contributed by atoms with van der Waals surface area (Å²) in [6.07, 6.45) is 0. The first kappa shape index (κ1) is 36.3. The molecule has 284 valence electrons. The van der Waals surface area contributed by atoms with Gasteiger partial charge in [-0.15, -0.1) is 0 Å². The van der Waals surface area contributed by atoms with Gasteiger partial charge >= 0.3 is 0 Å². The lowest BCUT2D eigenvalue weighted by Crippen LogP contribution is -2.12. The minimum Gasteiger partial charge on any atom is -0.311 e. The second-order valence-electron chi connectivity index (χ2n) is 14.6. The van der Waals surface area contributed by atoms with E-state index in [-0.39, 0.29) is 0 Å². The normalized spacial score (nSPS) is 11.0. The van der Waals surface area contributed by atoms with E-state index in [0.29, 0.717) is 0 Å². The second-order valence-corrected chi connectivity index (χ2v) is 14.6. The molecule has 0 aliphatic rings. The van der Waals surface area contributed by atoms with E-state index in [0.717, 1.165) is 84.4 Å². The Morgan fingerprint density at radius 3 is 1.08 bits per heavy atom. The van der Waals surface area contributed by atoms with Crippen LogP contribution in [0.2, 0.25) is 0 Å². The van der Waals surface area contributed by atoms with Gasteiger partial charge in [0.1, 0.15) is 0 Å². The summed E-state index contributed by atoms with van der Waals surface area (Å²) in [7, 11) is 0. The van der Waals surface area contributed by atoms with Gasteiger partial charge in [0.2, 0.25) is 0 Å². The first-order valence-corrected chi connectivity index (χ1v) is 20.3. The summed E-state index contributed by atoms with van der Waals surface area (Å²) in [5.41, 5.74) is 16.4. The van der Waals surface area contributed by atoms with E-state index in [1.54, 1.807) is 0 Å². The fourth-order valence-electron chi connectivity index (χ4n) is 8.03. The van der Waals surface area contributed by atoms with E-state index < -0.39 is 0 Å². The van der Waals surface area contributed by atoms with E-state index in [1.807, 2.05) is 6.07 Å². The summed E-state index contributed by atoms with van der Waals surface area (Å²) in [4.78, 5) is 15.4. The van der Waals surface area contributed by atoms with E-state index >= 15 is 0 Å². The maximum atomic E-state index is 5.47. The Morgan fingerprint density at radius 2 is 0.583 bits per heavy atom. The number of fused-ring (bicyclic) bond motifs is 1. The topological polar surface area (TPSA) is 32.3 Å². The lowest BCUT2D eigenvalue weighted by atomic mass is 9.93. The third kappa shape index (κ3) is 7.19. The maximum absolute atomic E-state index is 5.47. The number of nitrogens with zero attached hydrogens (tertiary/aromatic N) is 4. The van der Waals surface area contributed by atoms with Gasteiger partial charge in [-0.3, -0.25) is 0 Å². The molecule has 0 bridgehead atoms. The summed E-state index contributed by atoms with van der Waals surface area (Å²) in [5, 5.41) is 0. The zero-order valence-electron chi connectivity index (χ0n) is 32.9. The number of hydrogen-bond donors (Lipinski definition) is 0. The predicted octanol–water partition coefficient (Wildman–Crippen LogP) is 15.2. The minimum atomic E-state index is 0.839. The predicted molar refractivity (Wildman–Crippen MR) is 251 cm³/mol. The van der Waals surface area contributed by atoms with E-state index in [9.17, 15) is 0 Å². The van der Waals surface area contributed by atoms with Crippen LogP contribution in [0.4, 0.5) is 34.1 Å². The third-order valence-electron chi connectivity index (χ3n) is 10.9. The van der Waals surface area contributed by atoms with E-state index in [1.165, 1.54) is 5.56 Å². The molecule has 0 saturated heterocycles. The van der Waals surface area contributed by atoms with Crippen LogP contribution in [0.15, 0.2) is 243 Å². The van der Waals surface area contributed by atoms with Gasteiger partial charge in [0.15, 0.2) is 0 Å². The monoisotopic (exact) mass is 768 g/mol. The molecule has 0 N–H and O–H groups in total. The highest BCUT2D eigenvalue weighted by Gasteiger charge is 2.20. The summed E-state index contributed by atoms with van der Waals surface area (Å²) >= 11 is 0. The molecule has 1 heterocycles. The van der Waals surface area contributed by atoms with Crippen LogP contribution in [0.5, 0.6) is 0 Å². The van der Waals surface area contributed by atoms with Crippen molar-refractivity contribution in [1.29, 1.82) is 0 Å². The van der Waals surface area contributed by atoms with Crippen LogP contribution in [0.3, 0.4) is 0 Å². The molecule has 60 heavy (non-hydrogen) atoms. The van der Waals surface area contributed by atoms with Crippen molar-refractivity contribution in [3.8, 4) is 44.8 Å². The lowest BCUT2D eigenvalue weighted by molar-refractivity contribution is 1.25. The Hall–Kier alpha value is -8.08. The van der Waals surface area contributed by atoms with Crippen LogP contribution in [0.25, 0.3) is 55.8 Å². The SMILES string of the molecule is c1ccc(-c2ccccc2-c2cccc3nc(-c4ccc(N(c5ccccc5)c5ccc(N(c6ccccc6)c6ccccc6)cc5)cc4)c(-c4ccccc4)nc23)cc1. The van der Waals surface area contributed by atoms with Gasteiger partial charge in [0.25, 0.3) is 0 Å². The number of aromatic nitrogens is 2. The van der Waals surface area contributed by atoms with Gasteiger partial charge in [-0.05, 0) is 95.6 Å². The van der Waals surface area contributed by atoms with Crippen molar-refractivity contribution in [3.05, 3.63) is 243 Å². The molecule has 10 aromatic rings. The van der Waals surface area contributed by atoms with Gasteiger partial charge in [-0.2, -0.15) is 0 Å². The first-order valence-electron chi connectivity index (χ1n) is 20.3. The molecule has 0 aliphatic heterocycles. The molecule has 0 unspecified atom stereocenters. The van der Waals surface area contributed by atoms with Crippen molar-refractivity contribution in [2.24, 2.45) is 0 Å². The molecule has 0 amide bonds. The number of rotatable bonds is 10. The Kier molecular flexibility index (Phi) is 9.92. The standard InChI is InChI=1S/C56H40N4/c1-6-19-41(20-7-1)50-29-16-17-30-51(50)52-31-18-32-53-56(52)58-55(42-21-8-2-9-22-42)54(57-53)43-33-35-47(36-34-43)60(46-27-14-5-15-28-46)49-39-37-48(38-40-49)59(44-23-10-3-11-24-44)45-25-12-4-13-26-45/h1-40H. The summed E-state index contributed by atoms with van der Waals surface area (Å²) in [6, 6.07) is 84.8. The largest absolute Gasteiger partial charge is 0.311 e. The Morgan fingerprint density at radius 1 is 0.233 bits per heavy atom. The van der Waals surface area contributed by atoms with Crippen LogP contribution >= 0.6 is 0 Å². The average molecular weight is 769 g/mol. The number of para-hydroxylation sites is 4. The maximum Gasteiger partial charge on any atom is 0.0973 e. The smallest absolute Gasteiger partial charge is 0.0973 e. The molecular weight excluding hydrogens is 729 g/mol. The van der Waals surface area contributed by atoms with Gasteiger partial charge in [0, 0.05) is 50.8 Å². The average Bonchev–Trinajstić information content (AvgIpc) is 3.33. The quantitative estimate of drug-likeness (QED) is 0.139. The van der Waals surface area contributed by atoms with E-state index in [4.69, 9.17) is 9.97 Å². The van der Waals surface area contributed by atoms with Crippen molar-refractivity contribution < 1.29 is 0 Å². The van der Waals surface area contributed by atoms with Gasteiger partial charge in [-0.1, -0.05) is 164 Å². The lowest BCUT2D eigenvalue weighted by Gasteiger charge is -2.28. The number of anilines is 6. The van der Waals surface area contributed by atoms with Gasteiger partial charge < -0.3 is 9.80 Å². The van der Waals surface area contributed by atoms with Crippen molar-refractivity contribution in [1.82, 2.24) is 9.97 Å². The zero-order chi connectivity index (χ0) is 40.1. The van der Waals surface area contributed by atoms with Crippen LogP contribution < -0.4 is 9.80 Å². The summed E-state index contributed by atoms with van der Waals surface area (Å²) in [6.45, 7) is 0. The Balaban J connectivity index is 1.05. The molecule has 9 aromatic carbocycles. The van der Waals surface area contributed by atoms with Gasteiger partial charge in [0.05, 0.1) is 22.4 Å². The fourth-order valence-corrected chi connectivity index (χ4v) is 8.03.